The molecule has 0 spiro atoms. The fourth-order valence-electron chi connectivity index (χ4n) is 4.65. The number of aryl methyl sites for hydroxylation is 2. The number of imidazole rings is 1. The van der Waals surface area contributed by atoms with E-state index in [4.69, 9.17) is 14.2 Å². The molecule has 7 nitrogen and oxygen atoms in total. The monoisotopic (exact) mass is 636 g/mol. The van der Waals surface area contributed by atoms with Crippen LogP contribution < -0.4 is 9.47 Å². The number of rotatable bonds is 17. The van der Waals surface area contributed by atoms with Crippen molar-refractivity contribution in [3.8, 4) is 22.6 Å². The quantitative estimate of drug-likeness (QED) is 0.0887. The highest BCUT2D eigenvalue weighted by molar-refractivity contribution is 7.84. The molecule has 10 heteroatoms. The number of allylic oxidation sites excluding steroid dienone is 1. The van der Waals surface area contributed by atoms with Gasteiger partial charge in [0.1, 0.15) is 18.1 Å². The minimum atomic E-state index is -3.01. The Labute approximate surface area is 265 Å². The van der Waals surface area contributed by atoms with Crippen molar-refractivity contribution in [1.29, 1.82) is 0 Å². The zero-order valence-electron chi connectivity index (χ0n) is 25.7. The van der Waals surface area contributed by atoms with E-state index in [0.29, 0.717) is 41.8 Å². The molecule has 0 amide bonds. The van der Waals surface area contributed by atoms with Crippen LogP contribution in [0.25, 0.3) is 17.2 Å². The first-order valence-corrected chi connectivity index (χ1v) is 16.2. The molecule has 0 saturated heterocycles. The van der Waals surface area contributed by atoms with Gasteiger partial charge in [0.15, 0.2) is 5.78 Å². The van der Waals surface area contributed by atoms with E-state index in [1.54, 1.807) is 42.7 Å². The van der Waals surface area contributed by atoms with Crippen LogP contribution in [0.3, 0.4) is 0 Å². The second-order valence-electron chi connectivity index (χ2n) is 10.3. The molecular weight excluding hydrogens is 598 g/mol. The first kappa shape index (κ1) is 33.7. The van der Waals surface area contributed by atoms with Crippen LogP contribution in [-0.4, -0.2) is 46.0 Å². The molecule has 45 heavy (non-hydrogen) atoms. The maximum Gasteiger partial charge on any atom is 0.387 e. The van der Waals surface area contributed by atoms with Gasteiger partial charge in [-0.2, -0.15) is 8.78 Å². The van der Waals surface area contributed by atoms with Gasteiger partial charge in [0, 0.05) is 30.0 Å². The number of nitrogens with zero attached hydrogens (tertiary/aromatic N) is 2. The summed E-state index contributed by atoms with van der Waals surface area (Å²) in [5.74, 6) is 0.802. The molecule has 238 valence electrons. The third-order valence-corrected chi connectivity index (χ3v) is 8.37. The summed E-state index contributed by atoms with van der Waals surface area (Å²) in [6.07, 6.45) is 5.65. The highest BCUT2D eigenvalue weighted by Crippen LogP contribution is 2.30. The van der Waals surface area contributed by atoms with Crippen molar-refractivity contribution in [3.05, 3.63) is 102 Å². The van der Waals surface area contributed by atoms with Crippen LogP contribution in [-0.2, 0) is 39.0 Å². The molecule has 0 radical (unpaired) electrons. The fraction of sp³-hybridized carbons (Fsp3) is 0.314. The van der Waals surface area contributed by atoms with Crippen LogP contribution in [0.4, 0.5) is 8.78 Å². The Bertz CT molecular complexity index is 1600. The highest BCUT2D eigenvalue weighted by Gasteiger charge is 2.14. The Morgan fingerprint density at radius 2 is 1.71 bits per heavy atom. The number of ketones is 1. The molecule has 1 aromatic heterocycles. The Morgan fingerprint density at radius 1 is 0.978 bits per heavy atom. The van der Waals surface area contributed by atoms with Crippen LogP contribution in [0.5, 0.6) is 11.5 Å². The van der Waals surface area contributed by atoms with Gasteiger partial charge in [0.25, 0.3) is 0 Å². The lowest BCUT2D eigenvalue weighted by atomic mass is 10.0. The van der Waals surface area contributed by atoms with Gasteiger partial charge < -0.3 is 18.8 Å². The van der Waals surface area contributed by atoms with Crippen LogP contribution in [0.15, 0.2) is 84.0 Å². The number of hydrogen-bond donors (Lipinski definition) is 0. The molecule has 1 atom stereocenters. The molecule has 4 rings (SSSR count). The summed E-state index contributed by atoms with van der Waals surface area (Å²) in [5.41, 5.74) is 4.51. The van der Waals surface area contributed by atoms with E-state index in [-0.39, 0.29) is 18.0 Å². The summed E-state index contributed by atoms with van der Waals surface area (Å²) in [6.45, 7) is 5.35. The van der Waals surface area contributed by atoms with E-state index in [0.717, 1.165) is 41.0 Å². The number of carbonyl (C=O) groups is 1. The Balaban J connectivity index is 1.41. The molecule has 0 saturated carbocycles. The average Bonchev–Trinajstić information content (AvgIpc) is 3.39. The zero-order chi connectivity index (χ0) is 32.2. The minimum Gasteiger partial charge on any atom is -0.491 e. The molecular formula is C35H38F2N2O5S. The Morgan fingerprint density at radius 3 is 2.40 bits per heavy atom. The SMILES string of the molecule is CCCOCCOc1ccc(-c2ccc(OC(F)F)c(/C=C/C(=O)Cc3ccc([S@](=O)Cc4c(C)ncn4CC)cc3)c2)cc1. The normalized spacial score (nSPS) is 12.1. The fourth-order valence-corrected chi connectivity index (χ4v) is 5.88. The van der Waals surface area contributed by atoms with Gasteiger partial charge in [0.05, 0.1) is 40.9 Å². The number of ether oxygens (including phenoxy) is 3. The standard InChI is InChI=1S/C35H38F2N2O5S/c1-4-18-42-19-20-43-31-13-9-27(10-14-31)28-11-17-34(44-35(36)37)29(22-28)8-12-30(40)21-26-6-15-32(16-7-26)45(41)23-33-25(3)38-24-39(33)5-2/h6-17,22,24,35H,4-5,18-21,23H2,1-3H3/b12-8+/t45-/m1/s1. The third kappa shape index (κ3) is 9.92. The maximum atomic E-state index is 13.1. The number of benzene rings is 3. The van der Waals surface area contributed by atoms with E-state index in [2.05, 4.69) is 4.98 Å². The number of carbonyl (C=O) groups excluding carboxylic acids is 1. The lowest BCUT2D eigenvalue weighted by molar-refractivity contribution is -0.113. The van der Waals surface area contributed by atoms with Crippen LogP contribution in [0.1, 0.15) is 42.8 Å². The van der Waals surface area contributed by atoms with Crippen molar-refractivity contribution in [3.63, 3.8) is 0 Å². The first-order chi connectivity index (χ1) is 21.8. The second kappa shape index (κ2) is 16.8. The van der Waals surface area contributed by atoms with E-state index >= 15 is 0 Å². The Hall–Kier alpha value is -4.15. The summed E-state index contributed by atoms with van der Waals surface area (Å²) in [5, 5.41) is 0. The van der Waals surface area contributed by atoms with E-state index in [9.17, 15) is 17.8 Å². The molecule has 0 unspecified atom stereocenters. The number of alkyl halides is 2. The van der Waals surface area contributed by atoms with Gasteiger partial charge in [-0.3, -0.25) is 9.00 Å². The number of hydrogen-bond acceptors (Lipinski definition) is 6. The Kier molecular flexibility index (Phi) is 12.6. The van der Waals surface area contributed by atoms with Crippen molar-refractivity contribution in [2.75, 3.05) is 19.8 Å². The maximum absolute atomic E-state index is 13.1. The van der Waals surface area contributed by atoms with Gasteiger partial charge in [-0.1, -0.05) is 37.3 Å². The van der Waals surface area contributed by atoms with Crippen molar-refractivity contribution >= 4 is 22.7 Å². The summed E-state index contributed by atoms with van der Waals surface area (Å²) in [6, 6.07) is 19.4. The topological polar surface area (TPSA) is 79.7 Å². The average molecular weight is 637 g/mol. The van der Waals surface area contributed by atoms with Crippen LogP contribution >= 0.6 is 0 Å². The summed E-state index contributed by atoms with van der Waals surface area (Å²) in [7, 11) is -1.26. The van der Waals surface area contributed by atoms with Gasteiger partial charge in [-0.25, -0.2) is 4.98 Å². The van der Waals surface area contributed by atoms with Gasteiger partial charge in [0.2, 0.25) is 0 Å². The molecule has 0 aliphatic carbocycles. The minimum absolute atomic E-state index is 0.0312. The van der Waals surface area contributed by atoms with Crippen LogP contribution in [0.2, 0.25) is 0 Å². The van der Waals surface area contributed by atoms with Crippen molar-refractivity contribution in [2.24, 2.45) is 0 Å². The van der Waals surface area contributed by atoms with Crippen molar-refractivity contribution in [2.45, 2.75) is 57.4 Å². The second-order valence-corrected chi connectivity index (χ2v) is 11.7. The lowest BCUT2D eigenvalue weighted by Gasteiger charge is -2.11. The molecule has 0 fully saturated rings. The molecule has 0 aliphatic rings. The van der Waals surface area contributed by atoms with E-state index < -0.39 is 17.4 Å². The molecule has 1 heterocycles. The van der Waals surface area contributed by atoms with Gasteiger partial charge in [-0.05, 0) is 85.5 Å². The molecule has 0 N–H and O–H groups in total. The first-order valence-electron chi connectivity index (χ1n) is 14.9. The smallest absolute Gasteiger partial charge is 0.387 e. The van der Waals surface area contributed by atoms with Gasteiger partial charge in [-0.15, -0.1) is 0 Å². The molecule has 0 aliphatic heterocycles. The number of aromatic nitrogens is 2. The van der Waals surface area contributed by atoms with Gasteiger partial charge >= 0.3 is 6.61 Å². The lowest BCUT2D eigenvalue weighted by Crippen LogP contribution is -2.06. The molecule has 3 aromatic carbocycles. The van der Waals surface area contributed by atoms with Crippen LogP contribution in [0, 0.1) is 6.92 Å². The number of halogens is 2. The van der Waals surface area contributed by atoms with E-state index in [1.807, 2.05) is 49.6 Å². The third-order valence-electron chi connectivity index (χ3n) is 7.04. The van der Waals surface area contributed by atoms with Crippen molar-refractivity contribution < 1.29 is 32.0 Å². The predicted molar refractivity (Wildman–Crippen MR) is 172 cm³/mol. The predicted octanol–water partition coefficient (Wildman–Crippen LogP) is 7.42. The largest absolute Gasteiger partial charge is 0.491 e. The summed E-state index contributed by atoms with van der Waals surface area (Å²) in [4.78, 5) is 17.8. The summed E-state index contributed by atoms with van der Waals surface area (Å²) >= 11 is 0. The van der Waals surface area contributed by atoms with Crippen molar-refractivity contribution in [1.82, 2.24) is 9.55 Å². The molecule has 4 aromatic rings. The summed E-state index contributed by atoms with van der Waals surface area (Å²) < 4.78 is 57.0. The highest BCUT2D eigenvalue weighted by atomic mass is 32.2. The zero-order valence-corrected chi connectivity index (χ0v) is 26.5. The molecule has 0 bridgehead atoms. The van der Waals surface area contributed by atoms with E-state index in [1.165, 1.54) is 18.2 Å².